The molecule has 33 heavy (non-hydrogen) atoms. The van der Waals surface area contributed by atoms with Gasteiger partial charge in [-0.25, -0.2) is 9.78 Å². The SMILES string of the molecule is C=C(c1ccc(-c2cccc(C(=O)OCC)c2)cc1Cl)[C@@](O)(c1ccnc(Cl)c1)C(F)(F)F. The number of alkyl halides is 3. The lowest BCUT2D eigenvalue weighted by Crippen LogP contribution is -2.43. The average molecular weight is 496 g/mol. The molecule has 0 aliphatic rings. The highest BCUT2D eigenvalue weighted by atomic mass is 35.5. The lowest BCUT2D eigenvalue weighted by atomic mass is 9.82. The van der Waals surface area contributed by atoms with Gasteiger partial charge < -0.3 is 9.84 Å². The first-order valence-electron chi connectivity index (χ1n) is 9.67. The van der Waals surface area contributed by atoms with E-state index in [1.807, 2.05) is 0 Å². The molecule has 2 aromatic carbocycles. The number of ether oxygens (including phenoxy) is 1. The molecule has 0 spiro atoms. The number of carbonyl (C=O) groups excluding carboxylic acids is 1. The Morgan fingerprint density at radius 2 is 1.79 bits per heavy atom. The maximum absolute atomic E-state index is 14.1. The van der Waals surface area contributed by atoms with Crippen LogP contribution < -0.4 is 0 Å². The zero-order valence-corrected chi connectivity index (χ0v) is 18.8. The van der Waals surface area contributed by atoms with Crippen LogP contribution in [0.4, 0.5) is 13.2 Å². The van der Waals surface area contributed by atoms with Gasteiger partial charge in [-0.05, 0) is 59.5 Å². The molecule has 9 heteroatoms. The Morgan fingerprint density at radius 1 is 1.09 bits per heavy atom. The van der Waals surface area contributed by atoms with Crippen molar-refractivity contribution in [2.45, 2.75) is 18.7 Å². The normalized spacial score (nSPS) is 13.3. The molecule has 0 aliphatic heterocycles. The predicted octanol–water partition coefficient (Wildman–Crippen LogP) is 6.70. The molecular weight excluding hydrogens is 478 g/mol. The Kier molecular flexibility index (Phi) is 7.17. The third-order valence-corrected chi connectivity index (χ3v) is 5.51. The van der Waals surface area contributed by atoms with Crippen molar-refractivity contribution >= 4 is 34.7 Å². The highest BCUT2D eigenvalue weighted by molar-refractivity contribution is 6.32. The molecule has 0 fully saturated rings. The molecule has 0 saturated heterocycles. The highest BCUT2D eigenvalue weighted by Crippen LogP contribution is 2.49. The van der Waals surface area contributed by atoms with E-state index in [9.17, 15) is 23.1 Å². The van der Waals surface area contributed by atoms with E-state index in [0.717, 1.165) is 18.3 Å². The minimum Gasteiger partial charge on any atom is -0.462 e. The van der Waals surface area contributed by atoms with Crippen LogP contribution in [0.15, 0.2) is 67.4 Å². The van der Waals surface area contributed by atoms with Gasteiger partial charge in [0.1, 0.15) is 5.15 Å². The third-order valence-electron chi connectivity index (χ3n) is 4.99. The molecule has 0 unspecified atom stereocenters. The predicted molar refractivity (Wildman–Crippen MR) is 121 cm³/mol. The zero-order chi connectivity index (χ0) is 24.4. The Morgan fingerprint density at radius 3 is 2.39 bits per heavy atom. The summed E-state index contributed by atoms with van der Waals surface area (Å²) >= 11 is 12.1. The van der Waals surface area contributed by atoms with Gasteiger partial charge in [-0.2, -0.15) is 13.2 Å². The van der Waals surface area contributed by atoms with Crippen molar-refractivity contribution in [1.82, 2.24) is 4.98 Å². The fourth-order valence-electron chi connectivity index (χ4n) is 3.31. The summed E-state index contributed by atoms with van der Waals surface area (Å²) in [6, 6.07) is 12.8. The van der Waals surface area contributed by atoms with Crippen molar-refractivity contribution in [2.24, 2.45) is 0 Å². The smallest absolute Gasteiger partial charge is 0.425 e. The average Bonchev–Trinajstić information content (AvgIpc) is 2.77. The molecule has 0 saturated carbocycles. The summed E-state index contributed by atoms with van der Waals surface area (Å²) in [6.07, 6.45) is -4.06. The van der Waals surface area contributed by atoms with Crippen LogP contribution in [0.5, 0.6) is 0 Å². The number of hydrogen-bond acceptors (Lipinski definition) is 4. The summed E-state index contributed by atoms with van der Waals surface area (Å²) in [6.45, 7) is 5.42. The number of rotatable bonds is 6. The van der Waals surface area contributed by atoms with Gasteiger partial charge in [0.05, 0.1) is 12.2 Å². The number of nitrogens with zero attached hydrogens (tertiary/aromatic N) is 1. The molecule has 1 atom stereocenters. The van der Waals surface area contributed by atoms with Gasteiger partial charge in [0.15, 0.2) is 0 Å². The molecule has 1 N–H and O–H groups in total. The van der Waals surface area contributed by atoms with Crippen LogP contribution in [0.3, 0.4) is 0 Å². The number of aromatic nitrogens is 1. The van der Waals surface area contributed by atoms with E-state index in [-0.39, 0.29) is 22.3 Å². The summed E-state index contributed by atoms with van der Waals surface area (Å²) in [5.74, 6) is -0.498. The first kappa shape index (κ1) is 24.8. The van der Waals surface area contributed by atoms with E-state index in [0.29, 0.717) is 16.7 Å². The molecule has 4 nitrogen and oxygen atoms in total. The van der Waals surface area contributed by atoms with Crippen molar-refractivity contribution in [3.8, 4) is 11.1 Å². The Hall–Kier alpha value is -2.87. The fourth-order valence-corrected chi connectivity index (χ4v) is 3.78. The fraction of sp³-hybridized carbons (Fsp3) is 0.167. The van der Waals surface area contributed by atoms with Crippen LogP contribution >= 0.6 is 23.2 Å². The zero-order valence-electron chi connectivity index (χ0n) is 17.3. The van der Waals surface area contributed by atoms with E-state index in [1.165, 1.54) is 18.2 Å². The Labute approximate surface area is 198 Å². The van der Waals surface area contributed by atoms with Crippen LogP contribution in [0.1, 0.15) is 28.4 Å². The van der Waals surface area contributed by atoms with E-state index in [4.69, 9.17) is 27.9 Å². The van der Waals surface area contributed by atoms with Crippen molar-refractivity contribution in [3.05, 3.63) is 94.2 Å². The molecule has 0 amide bonds. The van der Waals surface area contributed by atoms with E-state index >= 15 is 0 Å². The maximum Gasteiger partial charge on any atom is 0.425 e. The first-order chi connectivity index (χ1) is 15.5. The molecule has 1 heterocycles. The second-order valence-corrected chi connectivity index (χ2v) is 7.84. The Balaban J connectivity index is 2.04. The van der Waals surface area contributed by atoms with Gasteiger partial charge in [0.2, 0.25) is 5.60 Å². The molecule has 0 bridgehead atoms. The summed E-state index contributed by atoms with van der Waals surface area (Å²) in [5.41, 5.74) is -3.29. The molecule has 0 radical (unpaired) electrons. The second kappa shape index (κ2) is 9.55. The van der Waals surface area contributed by atoms with Crippen LogP contribution in [-0.4, -0.2) is 28.8 Å². The first-order valence-corrected chi connectivity index (χ1v) is 10.4. The van der Waals surface area contributed by atoms with E-state index in [1.54, 1.807) is 31.2 Å². The molecular formula is C24H18Cl2F3NO3. The summed E-state index contributed by atoms with van der Waals surface area (Å²) in [5, 5.41) is 10.5. The van der Waals surface area contributed by atoms with E-state index in [2.05, 4.69) is 11.6 Å². The van der Waals surface area contributed by atoms with Crippen molar-refractivity contribution in [1.29, 1.82) is 0 Å². The quantitative estimate of drug-likeness (QED) is 0.305. The number of aliphatic hydroxyl groups is 1. The summed E-state index contributed by atoms with van der Waals surface area (Å²) < 4.78 is 47.2. The minimum atomic E-state index is -5.12. The number of esters is 1. The second-order valence-electron chi connectivity index (χ2n) is 7.05. The lowest BCUT2D eigenvalue weighted by molar-refractivity contribution is -0.240. The van der Waals surface area contributed by atoms with Crippen molar-refractivity contribution < 1.29 is 27.8 Å². The minimum absolute atomic E-state index is 0.0677. The molecule has 0 aliphatic carbocycles. The van der Waals surface area contributed by atoms with Gasteiger partial charge in [-0.3, -0.25) is 0 Å². The van der Waals surface area contributed by atoms with Crippen LogP contribution in [0, 0.1) is 0 Å². The molecule has 3 rings (SSSR count). The number of halogens is 5. The van der Waals surface area contributed by atoms with Crippen LogP contribution in [0.25, 0.3) is 16.7 Å². The molecule has 3 aromatic rings. The lowest BCUT2D eigenvalue weighted by Gasteiger charge is -2.33. The monoisotopic (exact) mass is 495 g/mol. The number of hydrogen-bond donors (Lipinski definition) is 1. The Bertz CT molecular complexity index is 1210. The summed E-state index contributed by atoms with van der Waals surface area (Å²) in [7, 11) is 0. The van der Waals surface area contributed by atoms with Gasteiger partial charge >= 0.3 is 12.1 Å². The number of pyridine rings is 1. The molecule has 172 valence electrons. The summed E-state index contributed by atoms with van der Waals surface area (Å²) in [4.78, 5) is 15.7. The number of carbonyl (C=O) groups is 1. The van der Waals surface area contributed by atoms with Gasteiger partial charge in [-0.15, -0.1) is 0 Å². The van der Waals surface area contributed by atoms with Crippen molar-refractivity contribution in [2.75, 3.05) is 6.61 Å². The van der Waals surface area contributed by atoms with Gasteiger partial charge in [0, 0.05) is 16.8 Å². The standard InChI is InChI=1S/C24H18Cl2F3NO3/c1-3-33-22(31)17-6-4-5-15(11-17)16-7-8-19(20(25)12-16)14(2)23(32,24(27,28)29)18-9-10-30-21(26)13-18/h4-13,32H,2-3H2,1H3/t23-/m1/s1. The number of benzene rings is 2. The van der Waals surface area contributed by atoms with Crippen LogP contribution in [-0.2, 0) is 10.3 Å². The van der Waals surface area contributed by atoms with Crippen molar-refractivity contribution in [3.63, 3.8) is 0 Å². The van der Waals surface area contributed by atoms with Gasteiger partial charge in [0.25, 0.3) is 0 Å². The molecule has 1 aromatic heterocycles. The highest BCUT2D eigenvalue weighted by Gasteiger charge is 2.57. The topological polar surface area (TPSA) is 59.4 Å². The maximum atomic E-state index is 14.1. The van der Waals surface area contributed by atoms with Gasteiger partial charge in [-0.1, -0.05) is 54.0 Å². The largest absolute Gasteiger partial charge is 0.462 e. The van der Waals surface area contributed by atoms with E-state index < -0.39 is 28.9 Å². The third kappa shape index (κ3) is 4.90. The van der Waals surface area contributed by atoms with Crippen LogP contribution in [0.2, 0.25) is 10.2 Å².